The minimum Gasteiger partial charge on any atom is -0.490 e. The van der Waals surface area contributed by atoms with Crippen LogP contribution in [0, 0.1) is 11.3 Å². The number of fused-ring (bicyclic) bond motifs is 2. The summed E-state index contributed by atoms with van der Waals surface area (Å²) < 4.78 is 22.4. The summed E-state index contributed by atoms with van der Waals surface area (Å²) in [4.78, 5) is 27.8. The first-order chi connectivity index (χ1) is 22.6. The molecule has 3 heterocycles. The van der Waals surface area contributed by atoms with Crippen LogP contribution < -0.4 is 29.2 Å². The van der Waals surface area contributed by atoms with Gasteiger partial charge >= 0.3 is 0 Å². The Morgan fingerprint density at radius 1 is 0.913 bits per heavy atom. The monoisotopic (exact) mass is 622 g/mol. The third kappa shape index (κ3) is 6.92. The van der Waals surface area contributed by atoms with Gasteiger partial charge in [0.2, 0.25) is 12.7 Å². The number of hydrogen-bond donors (Lipinski definition) is 1. The largest absolute Gasteiger partial charge is 0.490 e. The zero-order chi connectivity index (χ0) is 31.9. The molecule has 0 unspecified atom stereocenters. The van der Waals surface area contributed by atoms with Gasteiger partial charge in [-0.3, -0.25) is 9.69 Å². The third-order valence-corrected chi connectivity index (χ3v) is 8.08. The van der Waals surface area contributed by atoms with Crippen LogP contribution in [-0.4, -0.2) is 73.5 Å². The van der Waals surface area contributed by atoms with Crippen molar-refractivity contribution in [2.45, 2.75) is 32.7 Å². The molecular weight excluding hydrogens is 584 g/mol. The summed E-state index contributed by atoms with van der Waals surface area (Å²) in [5, 5.41) is 13.2. The Morgan fingerprint density at radius 2 is 1.63 bits per heavy atom. The Balaban J connectivity index is 1.14. The summed E-state index contributed by atoms with van der Waals surface area (Å²) >= 11 is 0. The number of nitrogens with zero attached hydrogens (tertiary/aromatic N) is 5. The van der Waals surface area contributed by atoms with Crippen LogP contribution >= 0.6 is 0 Å². The standard InChI is InChI=1S/C35H38N6O5/c1-3-43-29-11-9-24(19-31(29)44-4-2)13-14-37-35(42)26(21-36)33-34(39-28-8-6-5-7-27(28)38-33)41-17-15-40(16-18-41)22-25-10-12-30-32(20-25)46-23-45-30/h5-12,19-20,26H,3-4,13-18,22-23H2,1-2H3,(H,37,42)/t26-/m1/s1. The third-order valence-electron chi connectivity index (χ3n) is 8.08. The molecule has 2 aliphatic rings. The molecule has 0 bridgehead atoms. The number of hydrogen-bond acceptors (Lipinski definition) is 10. The molecule has 11 heteroatoms. The number of rotatable bonds is 12. The van der Waals surface area contributed by atoms with Gasteiger partial charge in [0.25, 0.3) is 0 Å². The number of nitrogens with one attached hydrogen (secondary N) is 1. The lowest BCUT2D eigenvalue weighted by Crippen LogP contribution is -2.47. The Kier molecular flexibility index (Phi) is 9.65. The quantitative estimate of drug-likeness (QED) is 0.243. The van der Waals surface area contributed by atoms with Gasteiger partial charge < -0.3 is 29.2 Å². The van der Waals surface area contributed by atoms with Crippen molar-refractivity contribution in [3.8, 4) is 29.1 Å². The number of carbonyl (C=O) groups excluding carboxylic acids is 1. The van der Waals surface area contributed by atoms with Crippen LogP contribution in [-0.2, 0) is 17.8 Å². The van der Waals surface area contributed by atoms with Crippen molar-refractivity contribution in [2.75, 3.05) is 57.6 Å². The van der Waals surface area contributed by atoms with E-state index < -0.39 is 11.8 Å². The van der Waals surface area contributed by atoms with Crippen LogP contribution in [0.25, 0.3) is 11.0 Å². The molecule has 1 aromatic heterocycles. The molecule has 0 radical (unpaired) electrons. The number of aromatic nitrogens is 2. The van der Waals surface area contributed by atoms with Gasteiger partial charge in [-0.25, -0.2) is 9.97 Å². The first-order valence-electron chi connectivity index (χ1n) is 15.7. The number of piperazine rings is 1. The zero-order valence-corrected chi connectivity index (χ0v) is 26.2. The lowest BCUT2D eigenvalue weighted by Gasteiger charge is -2.36. The summed E-state index contributed by atoms with van der Waals surface area (Å²) in [7, 11) is 0. The molecule has 1 N–H and O–H groups in total. The van der Waals surface area contributed by atoms with Gasteiger partial charge in [-0.15, -0.1) is 0 Å². The first kappa shape index (κ1) is 30.9. The molecule has 0 aliphatic carbocycles. The molecule has 3 aromatic carbocycles. The minimum absolute atomic E-state index is 0.256. The normalized spacial score (nSPS) is 14.9. The van der Waals surface area contributed by atoms with Crippen molar-refractivity contribution < 1.29 is 23.7 Å². The predicted molar refractivity (Wildman–Crippen MR) is 173 cm³/mol. The van der Waals surface area contributed by atoms with Crippen LogP contribution in [0.4, 0.5) is 5.82 Å². The number of anilines is 1. The van der Waals surface area contributed by atoms with E-state index in [1.54, 1.807) is 0 Å². The van der Waals surface area contributed by atoms with Crippen molar-refractivity contribution in [1.29, 1.82) is 5.26 Å². The Morgan fingerprint density at radius 3 is 2.39 bits per heavy atom. The second-order valence-electron chi connectivity index (χ2n) is 11.1. The van der Waals surface area contributed by atoms with Crippen LogP contribution in [0.15, 0.2) is 60.7 Å². The van der Waals surface area contributed by atoms with Crippen molar-refractivity contribution >= 4 is 22.8 Å². The maximum Gasteiger partial charge on any atom is 0.243 e. The van der Waals surface area contributed by atoms with Gasteiger partial charge in [-0.05, 0) is 67.8 Å². The average Bonchev–Trinajstić information content (AvgIpc) is 3.55. The Labute approximate surface area is 268 Å². The lowest BCUT2D eigenvalue weighted by atomic mass is 10.0. The molecular formula is C35H38N6O5. The summed E-state index contributed by atoms with van der Waals surface area (Å²) in [6.07, 6.45) is 0.567. The molecule has 1 fully saturated rings. The maximum absolute atomic E-state index is 13.5. The van der Waals surface area contributed by atoms with E-state index in [1.807, 2.05) is 68.4 Å². The molecule has 46 heavy (non-hydrogen) atoms. The molecule has 0 saturated carbocycles. The smallest absolute Gasteiger partial charge is 0.243 e. The van der Waals surface area contributed by atoms with E-state index in [2.05, 4.69) is 27.3 Å². The molecule has 1 amide bonds. The van der Waals surface area contributed by atoms with Gasteiger partial charge in [0.1, 0.15) is 5.69 Å². The fourth-order valence-electron chi connectivity index (χ4n) is 5.77. The van der Waals surface area contributed by atoms with E-state index in [4.69, 9.17) is 28.9 Å². The summed E-state index contributed by atoms with van der Waals surface area (Å²) in [5.74, 6) is 1.99. The second-order valence-corrected chi connectivity index (χ2v) is 11.1. The van der Waals surface area contributed by atoms with Crippen molar-refractivity contribution in [3.05, 3.63) is 77.5 Å². The van der Waals surface area contributed by atoms with Gasteiger partial charge in [0, 0.05) is 39.3 Å². The molecule has 6 rings (SSSR count). The van der Waals surface area contributed by atoms with E-state index >= 15 is 0 Å². The predicted octanol–water partition coefficient (Wildman–Crippen LogP) is 4.44. The summed E-state index contributed by atoms with van der Waals surface area (Å²) in [6, 6.07) is 21.6. The topological polar surface area (TPSA) is 122 Å². The van der Waals surface area contributed by atoms with E-state index in [1.165, 1.54) is 0 Å². The maximum atomic E-state index is 13.5. The van der Waals surface area contributed by atoms with Crippen molar-refractivity contribution in [2.24, 2.45) is 0 Å². The number of nitriles is 1. The van der Waals surface area contributed by atoms with Gasteiger partial charge in [-0.2, -0.15) is 5.26 Å². The summed E-state index contributed by atoms with van der Waals surface area (Å²) in [6.45, 7) is 9.26. The van der Waals surface area contributed by atoms with Gasteiger partial charge in [0.15, 0.2) is 34.7 Å². The average molecular weight is 623 g/mol. The second kappa shape index (κ2) is 14.3. The number of carbonyl (C=O) groups is 1. The molecule has 4 aromatic rings. The van der Waals surface area contributed by atoms with Crippen molar-refractivity contribution in [1.82, 2.24) is 20.2 Å². The van der Waals surface area contributed by atoms with Crippen LogP contribution in [0.3, 0.4) is 0 Å². The van der Waals surface area contributed by atoms with Crippen LogP contribution in [0.1, 0.15) is 36.6 Å². The highest BCUT2D eigenvalue weighted by molar-refractivity contribution is 5.88. The fraction of sp³-hybridized carbons (Fsp3) is 0.371. The van der Waals surface area contributed by atoms with E-state index in [0.717, 1.165) is 47.8 Å². The first-order valence-corrected chi connectivity index (χ1v) is 15.7. The van der Waals surface area contributed by atoms with E-state index in [-0.39, 0.29) is 6.79 Å². The lowest BCUT2D eigenvalue weighted by molar-refractivity contribution is -0.121. The highest BCUT2D eigenvalue weighted by atomic mass is 16.7. The Bertz CT molecular complexity index is 1730. The number of para-hydroxylation sites is 2. The molecule has 1 atom stereocenters. The van der Waals surface area contributed by atoms with Crippen LogP contribution in [0.5, 0.6) is 23.0 Å². The zero-order valence-electron chi connectivity index (χ0n) is 26.2. The summed E-state index contributed by atoms with van der Waals surface area (Å²) in [5.41, 5.74) is 3.90. The minimum atomic E-state index is -1.11. The number of benzene rings is 3. The van der Waals surface area contributed by atoms with Gasteiger partial charge in [0.05, 0.1) is 30.3 Å². The highest BCUT2D eigenvalue weighted by Crippen LogP contribution is 2.33. The van der Waals surface area contributed by atoms with Crippen LogP contribution in [0.2, 0.25) is 0 Å². The number of amides is 1. The Hall–Kier alpha value is -5.08. The van der Waals surface area contributed by atoms with E-state index in [9.17, 15) is 10.1 Å². The highest BCUT2D eigenvalue weighted by Gasteiger charge is 2.30. The number of ether oxygens (including phenoxy) is 4. The molecule has 0 spiro atoms. The van der Waals surface area contributed by atoms with Gasteiger partial charge in [-0.1, -0.05) is 24.3 Å². The molecule has 11 nitrogen and oxygen atoms in total. The fourth-order valence-corrected chi connectivity index (χ4v) is 5.77. The SMILES string of the molecule is CCOc1ccc(CCNC(=O)[C@H](C#N)c2nc3ccccc3nc2N2CCN(Cc3ccc4c(c3)OCO4)CC2)cc1OCC. The van der Waals surface area contributed by atoms with Crippen molar-refractivity contribution in [3.63, 3.8) is 0 Å². The van der Waals surface area contributed by atoms with E-state index in [0.29, 0.717) is 67.8 Å². The molecule has 1 saturated heterocycles. The molecule has 238 valence electrons. The molecule has 2 aliphatic heterocycles.